The highest BCUT2D eigenvalue weighted by Crippen LogP contribution is 2.20. The van der Waals surface area contributed by atoms with Gasteiger partial charge < -0.3 is 9.84 Å². The van der Waals surface area contributed by atoms with Gasteiger partial charge in [0.1, 0.15) is 0 Å². The van der Waals surface area contributed by atoms with Crippen molar-refractivity contribution in [3.8, 4) is 0 Å². The van der Waals surface area contributed by atoms with Gasteiger partial charge in [0.15, 0.2) is 0 Å². The van der Waals surface area contributed by atoms with Gasteiger partial charge in [0, 0.05) is 20.2 Å². The van der Waals surface area contributed by atoms with Crippen LogP contribution in [0.3, 0.4) is 0 Å². The summed E-state index contributed by atoms with van der Waals surface area (Å²) in [6.07, 6.45) is 1.25. The number of ether oxygens (including phenoxy) is 1. The maximum Gasteiger partial charge on any atom is 0.0640 e. The number of aliphatic hydroxyl groups is 1. The standard InChI is InChI=1S/C9H19NO2/c1-3-8-4-10(5-8)9(6-11)7-12-2/h8-9,11H,3-7H2,1-2H3. The molecular formula is C9H19NO2. The molecule has 0 aliphatic carbocycles. The Hall–Kier alpha value is -0.120. The molecule has 0 aromatic rings. The van der Waals surface area contributed by atoms with Gasteiger partial charge >= 0.3 is 0 Å². The lowest BCUT2D eigenvalue weighted by molar-refractivity contribution is -0.0130. The summed E-state index contributed by atoms with van der Waals surface area (Å²) in [6.45, 7) is 5.33. The third-order valence-corrected chi connectivity index (χ3v) is 2.65. The number of hydrogen-bond donors (Lipinski definition) is 1. The maximum atomic E-state index is 9.03. The first-order valence-electron chi connectivity index (χ1n) is 4.65. The van der Waals surface area contributed by atoms with Gasteiger partial charge in [-0.3, -0.25) is 4.90 Å². The van der Waals surface area contributed by atoms with E-state index < -0.39 is 0 Å². The van der Waals surface area contributed by atoms with Crippen LogP contribution < -0.4 is 0 Å². The number of nitrogens with zero attached hydrogens (tertiary/aromatic N) is 1. The average molecular weight is 173 g/mol. The lowest BCUT2D eigenvalue weighted by Crippen LogP contribution is -2.54. The SMILES string of the molecule is CCC1CN(C(CO)COC)C1. The van der Waals surface area contributed by atoms with E-state index in [0.29, 0.717) is 6.61 Å². The molecule has 1 heterocycles. The van der Waals surface area contributed by atoms with Crippen LogP contribution in [-0.4, -0.2) is 49.5 Å². The first-order valence-corrected chi connectivity index (χ1v) is 4.65. The van der Waals surface area contributed by atoms with Crippen LogP contribution >= 0.6 is 0 Å². The molecule has 1 saturated heterocycles. The Kier molecular flexibility index (Phi) is 3.98. The Balaban J connectivity index is 2.19. The van der Waals surface area contributed by atoms with Crippen LogP contribution in [0.2, 0.25) is 0 Å². The van der Waals surface area contributed by atoms with E-state index in [1.807, 2.05) is 0 Å². The van der Waals surface area contributed by atoms with E-state index in [9.17, 15) is 0 Å². The van der Waals surface area contributed by atoms with E-state index in [1.54, 1.807) is 7.11 Å². The van der Waals surface area contributed by atoms with Crippen molar-refractivity contribution in [1.29, 1.82) is 0 Å². The minimum atomic E-state index is 0.213. The quantitative estimate of drug-likeness (QED) is 0.650. The Morgan fingerprint density at radius 1 is 1.58 bits per heavy atom. The second-order valence-electron chi connectivity index (χ2n) is 3.52. The number of likely N-dealkylation sites (tertiary alicyclic amines) is 1. The number of hydrogen-bond acceptors (Lipinski definition) is 3. The lowest BCUT2D eigenvalue weighted by atomic mass is 9.95. The first kappa shape index (κ1) is 9.96. The van der Waals surface area contributed by atoms with Crippen LogP contribution in [0.25, 0.3) is 0 Å². The van der Waals surface area contributed by atoms with Gasteiger partial charge in [-0.05, 0) is 5.92 Å². The Labute approximate surface area is 74.3 Å². The first-order chi connectivity index (χ1) is 5.81. The van der Waals surface area contributed by atoms with Crippen LogP contribution in [0.1, 0.15) is 13.3 Å². The molecule has 12 heavy (non-hydrogen) atoms. The molecule has 1 aliphatic heterocycles. The summed E-state index contributed by atoms with van der Waals surface area (Å²) < 4.78 is 5.02. The highest BCUT2D eigenvalue weighted by Gasteiger charge is 2.30. The normalized spacial score (nSPS) is 22.2. The van der Waals surface area contributed by atoms with Crippen LogP contribution in [0.4, 0.5) is 0 Å². The van der Waals surface area contributed by atoms with Gasteiger partial charge in [-0.2, -0.15) is 0 Å². The molecule has 3 nitrogen and oxygen atoms in total. The molecule has 1 atom stereocenters. The molecule has 0 bridgehead atoms. The van der Waals surface area contributed by atoms with Crippen molar-refractivity contribution in [3.05, 3.63) is 0 Å². The second-order valence-corrected chi connectivity index (χ2v) is 3.52. The molecule has 0 amide bonds. The fraction of sp³-hybridized carbons (Fsp3) is 1.00. The molecule has 0 spiro atoms. The van der Waals surface area contributed by atoms with Gasteiger partial charge in [0.25, 0.3) is 0 Å². The van der Waals surface area contributed by atoms with Crippen molar-refractivity contribution in [2.24, 2.45) is 5.92 Å². The van der Waals surface area contributed by atoms with Crippen molar-refractivity contribution < 1.29 is 9.84 Å². The summed E-state index contributed by atoms with van der Waals surface area (Å²) in [5, 5.41) is 9.03. The van der Waals surface area contributed by atoms with Crippen LogP contribution in [0.5, 0.6) is 0 Å². The van der Waals surface area contributed by atoms with E-state index >= 15 is 0 Å². The van der Waals surface area contributed by atoms with E-state index in [2.05, 4.69) is 11.8 Å². The molecule has 0 aromatic heterocycles. The Morgan fingerprint density at radius 3 is 2.67 bits per heavy atom. The molecule has 0 radical (unpaired) electrons. The minimum absolute atomic E-state index is 0.213. The van der Waals surface area contributed by atoms with E-state index in [-0.39, 0.29) is 12.6 Å². The maximum absolute atomic E-state index is 9.03. The molecule has 1 N–H and O–H groups in total. The molecule has 1 fully saturated rings. The number of rotatable bonds is 5. The monoisotopic (exact) mass is 173 g/mol. The zero-order valence-corrected chi connectivity index (χ0v) is 7.99. The van der Waals surface area contributed by atoms with Gasteiger partial charge in [0.05, 0.1) is 19.3 Å². The van der Waals surface area contributed by atoms with Crippen molar-refractivity contribution in [3.63, 3.8) is 0 Å². The minimum Gasteiger partial charge on any atom is -0.395 e. The predicted molar refractivity (Wildman–Crippen MR) is 48.1 cm³/mol. The summed E-state index contributed by atoms with van der Waals surface area (Å²) in [7, 11) is 1.68. The molecule has 0 saturated carbocycles. The molecule has 1 unspecified atom stereocenters. The zero-order valence-electron chi connectivity index (χ0n) is 7.99. The van der Waals surface area contributed by atoms with Gasteiger partial charge in [-0.1, -0.05) is 13.3 Å². The zero-order chi connectivity index (χ0) is 8.97. The largest absolute Gasteiger partial charge is 0.395 e. The summed E-state index contributed by atoms with van der Waals surface area (Å²) in [4.78, 5) is 2.29. The van der Waals surface area contributed by atoms with Crippen molar-refractivity contribution in [2.75, 3.05) is 33.4 Å². The Bertz CT molecular complexity index is 124. The van der Waals surface area contributed by atoms with Crippen molar-refractivity contribution in [1.82, 2.24) is 4.90 Å². The topological polar surface area (TPSA) is 32.7 Å². The summed E-state index contributed by atoms with van der Waals surface area (Å²) in [5.74, 6) is 0.843. The average Bonchev–Trinajstić information content (AvgIpc) is 2.01. The van der Waals surface area contributed by atoms with Gasteiger partial charge in [-0.25, -0.2) is 0 Å². The third kappa shape index (κ3) is 2.19. The lowest BCUT2D eigenvalue weighted by Gasteiger charge is -2.43. The molecular weight excluding hydrogens is 154 g/mol. The highest BCUT2D eigenvalue weighted by molar-refractivity contribution is 4.84. The summed E-state index contributed by atoms with van der Waals surface area (Å²) >= 11 is 0. The Morgan fingerprint density at radius 2 is 2.25 bits per heavy atom. The molecule has 1 rings (SSSR count). The smallest absolute Gasteiger partial charge is 0.0640 e. The van der Waals surface area contributed by atoms with Crippen LogP contribution in [0, 0.1) is 5.92 Å². The fourth-order valence-electron chi connectivity index (χ4n) is 1.63. The van der Waals surface area contributed by atoms with Crippen LogP contribution in [-0.2, 0) is 4.74 Å². The molecule has 1 aliphatic rings. The number of aliphatic hydroxyl groups excluding tert-OH is 1. The number of methoxy groups -OCH3 is 1. The van der Waals surface area contributed by atoms with Crippen molar-refractivity contribution in [2.45, 2.75) is 19.4 Å². The van der Waals surface area contributed by atoms with E-state index in [0.717, 1.165) is 19.0 Å². The van der Waals surface area contributed by atoms with Gasteiger partial charge in [-0.15, -0.1) is 0 Å². The van der Waals surface area contributed by atoms with Crippen molar-refractivity contribution >= 4 is 0 Å². The molecule has 72 valence electrons. The molecule has 0 aromatic carbocycles. The second kappa shape index (κ2) is 4.80. The van der Waals surface area contributed by atoms with Crippen LogP contribution in [0.15, 0.2) is 0 Å². The van der Waals surface area contributed by atoms with Gasteiger partial charge in [0.2, 0.25) is 0 Å². The third-order valence-electron chi connectivity index (χ3n) is 2.65. The summed E-state index contributed by atoms with van der Waals surface area (Å²) in [6, 6.07) is 0.220. The molecule has 3 heteroatoms. The predicted octanol–water partition coefficient (Wildman–Crippen LogP) is 0.335. The van der Waals surface area contributed by atoms with E-state index in [1.165, 1.54) is 6.42 Å². The summed E-state index contributed by atoms with van der Waals surface area (Å²) in [5.41, 5.74) is 0. The van der Waals surface area contributed by atoms with E-state index in [4.69, 9.17) is 9.84 Å². The highest BCUT2D eigenvalue weighted by atomic mass is 16.5. The fourth-order valence-corrected chi connectivity index (χ4v) is 1.63.